The lowest BCUT2D eigenvalue weighted by Gasteiger charge is -2.28. The number of hydrogen-bond donors (Lipinski definition) is 5. The molecule has 3 aromatic rings. The van der Waals surface area contributed by atoms with Gasteiger partial charge in [-0.25, -0.2) is 0 Å². The molecule has 0 spiro atoms. The number of aryl methyl sites for hydroxylation is 1. The minimum absolute atomic E-state index is 0.0105. The first-order valence-electron chi connectivity index (χ1n) is 12.5. The molecule has 0 radical (unpaired) electrons. The van der Waals surface area contributed by atoms with Crippen molar-refractivity contribution in [1.29, 1.82) is 0 Å². The summed E-state index contributed by atoms with van der Waals surface area (Å²) in [6.45, 7) is 6.83. The fourth-order valence-corrected chi connectivity index (χ4v) is 4.19. The molecule has 0 fully saturated rings. The summed E-state index contributed by atoms with van der Waals surface area (Å²) in [5, 5.41) is 36.1. The molecule has 0 heterocycles. The first-order chi connectivity index (χ1) is 17.2. The number of β-amino-alcohol motifs (C(OH)–C–C–N with tert-alkyl or cyclic N) is 1. The van der Waals surface area contributed by atoms with E-state index in [4.69, 9.17) is 0 Å². The molecule has 0 saturated carbocycles. The van der Waals surface area contributed by atoms with Crippen LogP contribution in [0.1, 0.15) is 65.1 Å². The molecule has 0 saturated heterocycles. The Kier molecular flexibility index (Phi) is 9.65. The van der Waals surface area contributed by atoms with Gasteiger partial charge in [-0.2, -0.15) is 0 Å². The smallest absolute Gasteiger partial charge is 0.251 e. The van der Waals surface area contributed by atoms with Crippen molar-refractivity contribution >= 4 is 5.91 Å². The molecule has 5 N–H and O–H groups in total. The first kappa shape index (κ1) is 27.4. The molecule has 36 heavy (non-hydrogen) atoms. The average Bonchev–Trinajstić information content (AvgIpc) is 2.88. The maximum Gasteiger partial charge on any atom is 0.251 e. The second-order valence-electron chi connectivity index (χ2n) is 9.88. The fraction of sp³-hybridized carbons (Fsp3) is 0.367. The highest BCUT2D eigenvalue weighted by atomic mass is 16.3. The van der Waals surface area contributed by atoms with Crippen LogP contribution >= 0.6 is 0 Å². The van der Waals surface area contributed by atoms with Gasteiger partial charge in [-0.05, 0) is 79.6 Å². The van der Waals surface area contributed by atoms with E-state index in [0.29, 0.717) is 36.2 Å². The highest BCUT2D eigenvalue weighted by Crippen LogP contribution is 2.23. The number of rotatable bonds is 12. The molecule has 1 amide bonds. The van der Waals surface area contributed by atoms with E-state index < -0.39 is 6.10 Å². The molecule has 0 aliphatic heterocycles. The van der Waals surface area contributed by atoms with Crippen LogP contribution < -0.4 is 10.6 Å². The number of aromatic hydroxyl groups is 1. The first-order valence-corrected chi connectivity index (χ1v) is 12.5. The summed E-state index contributed by atoms with van der Waals surface area (Å²) in [5.74, 6) is -0.0773. The number of phenols is 1. The van der Waals surface area contributed by atoms with Crippen LogP contribution in [0, 0.1) is 0 Å². The average molecular weight is 491 g/mol. The van der Waals surface area contributed by atoms with Crippen LogP contribution in [-0.4, -0.2) is 39.9 Å². The van der Waals surface area contributed by atoms with E-state index in [-0.39, 0.29) is 23.8 Å². The SMILES string of the molecule is CCc1ccc(CCNC(=O)c2cccc(CC(C)(C)NC[C@H](O)c3ccc(O)c(CO)c3)c2)cc1. The summed E-state index contributed by atoms with van der Waals surface area (Å²) >= 11 is 0. The minimum atomic E-state index is -0.787. The number of aliphatic hydroxyl groups excluding tert-OH is 2. The molecule has 0 aliphatic carbocycles. The lowest BCUT2D eigenvalue weighted by atomic mass is 9.93. The summed E-state index contributed by atoms with van der Waals surface area (Å²) in [6.07, 6.45) is 1.69. The van der Waals surface area contributed by atoms with Gasteiger partial charge in [0.2, 0.25) is 0 Å². The second-order valence-corrected chi connectivity index (χ2v) is 9.88. The van der Waals surface area contributed by atoms with Gasteiger partial charge in [0, 0.05) is 29.8 Å². The molecule has 192 valence electrons. The highest BCUT2D eigenvalue weighted by Gasteiger charge is 2.21. The molecule has 3 rings (SSSR count). The summed E-state index contributed by atoms with van der Waals surface area (Å²) in [5.41, 5.74) is 4.84. The summed E-state index contributed by atoms with van der Waals surface area (Å²) in [4.78, 5) is 12.7. The van der Waals surface area contributed by atoms with Gasteiger partial charge in [-0.1, -0.05) is 49.4 Å². The van der Waals surface area contributed by atoms with Crippen molar-refractivity contribution in [2.24, 2.45) is 0 Å². The van der Waals surface area contributed by atoms with Crippen LogP contribution in [0.4, 0.5) is 0 Å². The zero-order chi connectivity index (χ0) is 26.1. The summed E-state index contributed by atoms with van der Waals surface area (Å²) in [6, 6.07) is 20.9. The van der Waals surface area contributed by atoms with Crippen molar-refractivity contribution in [3.63, 3.8) is 0 Å². The largest absolute Gasteiger partial charge is 0.508 e. The number of aliphatic hydroxyl groups is 2. The van der Waals surface area contributed by atoms with Crippen molar-refractivity contribution in [3.8, 4) is 5.75 Å². The summed E-state index contributed by atoms with van der Waals surface area (Å²) < 4.78 is 0. The third-order valence-electron chi connectivity index (χ3n) is 6.40. The topological polar surface area (TPSA) is 102 Å². The van der Waals surface area contributed by atoms with Gasteiger partial charge < -0.3 is 26.0 Å². The Balaban J connectivity index is 1.52. The number of amides is 1. The van der Waals surface area contributed by atoms with Crippen molar-refractivity contribution in [2.45, 2.75) is 58.3 Å². The molecule has 0 bridgehead atoms. The molecule has 3 aromatic carbocycles. The zero-order valence-corrected chi connectivity index (χ0v) is 21.4. The van der Waals surface area contributed by atoms with Crippen LogP contribution in [0.2, 0.25) is 0 Å². The standard InChI is InChI=1S/C30H38N2O4/c1-4-21-8-10-22(11-9-21)14-15-31-29(36)25-7-5-6-23(16-25)18-30(2,3)32-19-28(35)24-12-13-27(34)26(17-24)20-33/h5-13,16-17,28,32-35H,4,14-15,18-20H2,1-3H3,(H,31,36)/t28-/m0/s1. The molecule has 1 atom stereocenters. The Hall–Kier alpha value is -3.19. The van der Waals surface area contributed by atoms with Gasteiger partial charge in [0.1, 0.15) is 5.75 Å². The highest BCUT2D eigenvalue weighted by molar-refractivity contribution is 5.94. The Morgan fingerprint density at radius 3 is 2.39 bits per heavy atom. The van der Waals surface area contributed by atoms with Crippen molar-refractivity contribution in [3.05, 3.63) is 100 Å². The van der Waals surface area contributed by atoms with Crippen molar-refractivity contribution in [2.75, 3.05) is 13.1 Å². The molecule has 6 nitrogen and oxygen atoms in total. The van der Waals surface area contributed by atoms with Crippen LogP contribution in [0.25, 0.3) is 0 Å². The third-order valence-corrected chi connectivity index (χ3v) is 6.40. The maximum atomic E-state index is 12.7. The van der Waals surface area contributed by atoms with Crippen LogP contribution in [0.5, 0.6) is 5.75 Å². The number of hydrogen-bond acceptors (Lipinski definition) is 5. The fourth-order valence-electron chi connectivity index (χ4n) is 4.19. The van der Waals surface area contributed by atoms with Crippen molar-refractivity contribution < 1.29 is 20.1 Å². The van der Waals surface area contributed by atoms with Gasteiger partial charge in [-0.15, -0.1) is 0 Å². The van der Waals surface area contributed by atoms with Gasteiger partial charge in [-0.3, -0.25) is 4.79 Å². The van der Waals surface area contributed by atoms with E-state index in [0.717, 1.165) is 18.4 Å². The summed E-state index contributed by atoms with van der Waals surface area (Å²) in [7, 11) is 0. The Labute approximate surface area is 214 Å². The second kappa shape index (κ2) is 12.7. The van der Waals surface area contributed by atoms with Crippen LogP contribution in [0.3, 0.4) is 0 Å². The zero-order valence-electron chi connectivity index (χ0n) is 21.4. The predicted molar refractivity (Wildman–Crippen MR) is 143 cm³/mol. The van der Waals surface area contributed by atoms with E-state index in [2.05, 4.69) is 41.8 Å². The maximum absolute atomic E-state index is 12.7. The van der Waals surface area contributed by atoms with Crippen LogP contribution in [0.15, 0.2) is 66.7 Å². The lowest BCUT2D eigenvalue weighted by molar-refractivity contribution is 0.0954. The van der Waals surface area contributed by atoms with Gasteiger partial charge >= 0.3 is 0 Å². The molecule has 0 unspecified atom stereocenters. The quantitative estimate of drug-likeness (QED) is 0.264. The van der Waals surface area contributed by atoms with E-state index >= 15 is 0 Å². The number of nitrogens with one attached hydrogen (secondary N) is 2. The predicted octanol–water partition coefficient (Wildman–Crippen LogP) is 4.06. The van der Waals surface area contributed by atoms with Gasteiger partial charge in [0.15, 0.2) is 0 Å². The Morgan fingerprint density at radius 2 is 1.69 bits per heavy atom. The number of carbonyl (C=O) groups excluding carboxylic acids is 1. The molecule has 6 heteroatoms. The van der Waals surface area contributed by atoms with E-state index in [1.807, 2.05) is 38.1 Å². The van der Waals surface area contributed by atoms with Gasteiger partial charge in [0.05, 0.1) is 12.7 Å². The van der Waals surface area contributed by atoms with E-state index in [1.165, 1.54) is 17.2 Å². The molecular formula is C30H38N2O4. The monoisotopic (exact) mass is 490 g/mol. The molecule has 0 aliphatic rings. The lowest BCUT2D eigenvalue weighted by Crippen LogP contribution is -2.43. The van der Waals surface area contributed by atoms with Crippen molar-refractivity contribution in [1.82, 2.24) is 10.6 Å². The molecular weight excluding hydrogens is 452 g/mol. The minimum Gasteiger partial charge on any atom is -0.508 e. The van der Waals surface area contributed by atoms with Crippen LogP contribution in [-0.2, 0) is 25.9 Å². The molecule has 0 aromatic heterocycles. The van der Waals surface area contributed by atoms with Gasteiger partial charge in [0.25, 0.3) is 5.91 Å². The number of carbonyl (C=O) groups is 1. The van der Waals surface area contributed by atoms with E-state index in [9.17, 15) is 20.1 Å². The normalized spacial score (nSPS) is 12.4. The third kappa shape index (κ3) is 7.92. The van der Waals surface area contributed by atoms with E-state index in [1.54, 1.807) is 12.1 Å². The Morgan fingerprint density at radius 1 is 0.972 bits per heavy atom. The Bertz CT molecular complexity index is 1140. The number of benzene rings is 3.